The Kier molecular flexibility index (Phi) is 8.10. The minimum absolute atomic E-state index is 0.0535. The zero-order chi connectivity index (χ0) is 27.5. The molecule has 1 saturated heterocycles. The van der Waals surface area contributed by atoms with Crippen molar-refractivity contribution in [2.75, 3.05) is 11.5 Å². The van der Waals surface area contributed by atoms with Crippen LogP contribution in [0.3, 0.4) is 0 Å². The molecule has 7 nitrogen and oxygen atoms in total. The van der Waals surface area contributed by atoms with Gasteiger partial charge in [0.1, 0.15) is 17.3 Å². The van der Waals surface area contributed by atoms with Gasteiger partial charge in [-0.1, -0.05) is 69.4 Å². The van der Waals surface area contributed by atoms with Crippen molar-refractivity contribution in [2.45, 2.75) is 23.1 Å². The Balaban J connectivity index is 1.52. The summed E-state index contributed by atoms with van der Waals surface area (Å²) in [5.41, 5.74) is 1.45. The summed E-state index contributed by atoms with van der Waals surface area (Å²) in [5, 5.41) is 19.8. The van der Waals surface area contributed by atoms with Crippen LogP contribution in [-0.4, -0.2) is 33.6 Å². The number of benzene rings is 3. The number of anilines is 1. The fourth-order valence-electron chi connectivity index (χ4n) is 4.13. The van der Waals surface area contributed by atoms with Crippen LogP contribution in [0, 0.1) is 5.82 Å². The van der Waals surface area contributed by atoms with E-state index in [1.54, 1.807) is 66.7 Å². The van der Waals surface area contributed by atoms with Crippen LogP contribution in [-0.2, 0) is 15.3 Å². The minimum Gasteiger partial charge on any atom is -0.507 e. The number of aliphatic hydroxyl groups excluding tert-OH is 1. The second-order valence-corrected chi connectivity index (χ2v) is 11.5. The summed E-state index contributed by atoms with van der Waals surface area (Å²) in [5.74, 6) is -1.32. The van der Waals surface area contributed by atoms with Gasteiger partial charge in [0.2, 0.25) is 5.13 Å². The van der Waals surface area contributed by atoms with E-state index in [0.717, 1.165) is 15.8 Å². The number of rotatable bonds is 8. The number of hydrogen-bond acceptors (Lipinski definition) is 8. The standard InChI is InChI=1S/C28H21BrFN3O4S2/c1-2-37-20-13-9-17(10-14-20)24(34)22-23(16-7-11-19(29)12-8-16)33(26(36)25(22)35)27-31-32-28(39-27)38-15-18-5-3-4-6-21(18)30/h3-14,23,34H,2,15H2,1H3/b24-22-. The minimum atomic E-state index is -0.929. The molecule has 1 aliphatic rings. The number of aromatic nitrogens is 2. The largest absolute Gasteiger partial charge is 0.507 e. The molecule has 1 fully saturated rings. The summed E-state index contributed by atoms with van der Waals surface area (Å²) < 4.78 is 20.8. The monoisotopic (exact) mass is 625 g/mol. The van der Waals surface area contributed by atoms with E-state index in [2.05, 4.69) is 26.1 Å². The number of carbonyl (C=O) groups excluding carboxylic acids is 2. The van der Waals surface area contributed by atoms with E-state index in [1.165, 1.54) is 22.7 Å². The summed E-state index contributed by atoms with van der Waals surface area (Å²) in [7, 11) is 0. The molecule has 2 heterocycles. The van der Waals surface area contributed by atoms with E-state index >= 15 is 0 Å². The number of ketones is 1. The molecule has 1 amide bonds. The number of nitrogens with zero attached hydrogens (tertiary/aromatic N) is 3. The highest BCUT2D eigenvalue weighted by molar-refractivity contribution is 9.10. The Hall–Kier alpha value is -3.54. The van der Waals surface area contributed by atoms with Gasteiger partial charge in [0.15, 0.2) is 4.34 Å². The van der Waals surface area contributed by atoms with Crippen LogP contribution in [0.25, 0.3) is 5.76 Å². The van der Waals surface area contributed by atoms with Crippen molar-refractivity contribution >= 4 is 61.6 Å². The van der Waals surface area contributed by atoms with E-state index < -0.39 is 17.7 Å². The topological polar surface area (TPSA) is 92.6 Å². The van der Waals surface area contributed by atoms with Crippen molar-refractivity contribution in [1.82, 2.24) is 10.2 Å². The molecule has 0 spiro atoms. The average Bonchev–Trinajstić information content (AvgIpc) is 3.51. The van der Waals surface area contributed by atoms with Crippen molar-refractivity contribution in [1.29, 1.82) is 0 Å². The van der Waals surface area contributed by atoms with E-state index in [4.69, 9.17) is 4.74 Å². The first-order chi connectivity index (χ1) is 18.9. The normalized spacial score (nSPS) is 16.6. The lowest BCUT2D eigenvalue weighted by molar-refractivity contribution is -0.132. The van der Waals surface area contributed by atoms with Crippen LogP contribution in [0.15, 0.2) is 87.2 Å². The molecule has 0 bridgehead atoms. The molecule has 0 aliphatic carbocycles. The molecule has 11 heteroatoms. The number of ether oxygens (including phenoxy) is 1. The molecule has 0 saturated carbocycles. The van der Waals surface area contributed by atoms with Crippen molar-refractivity contribution in [3.8, 4) is 5.75 Å². The zero-order valence-electron chi connectivity index (χ0n) is 20.5. The molecular weight excluding hydrogens is 605 g/mol. The molecule has 1 atom stereocenters. The molecule has 3 aromatic carbocycles. The molecular formula is C28H21BrFN3O4S2. The average molecular weight is 627 g/mol. The van der Waals surface area contributed by atoms with Gasteiger partial charge in [-0.2, -0.15) is 0 Å². The van der Waals surface area contributed by atoms with Crippen LogP contribution in [0.4, 0.5) is 9.52 Å². The Bertz CT molecular complexity index is 1560. The van der Waals surface area contributed by atoms with Gasteiger partial charge in [0.05, 0.1) is 18.2 Å². The number of halogens is 2. The summed E-state index contributed by atoms with van der Waals surface area (Å²) >= 11 is 5.81. The van der Waals surface area contributed by atoms with E-state index in [9.17, 15) is 19.1 Å². The highest BCUT2D eigenvalue weighted by atomic mass is 79.9. The lowest BCUT2D eigenvalue weighted by Gasteiger charge is -2.22. The highest BCUT2D eigenvalue weighted by Gasteiger charge is 2.48. The van der Waals surface area contributed by atoms with Gasteiger partial charge < -0.3 is 9.84 Å². The lowest BCUT2D eigenvalue weighted by atomic mass is 9.95. The van der Waals surface area contributed by atoms with Crippen LogP contribution in [0.1, 0.15) is 29.7 Å². The molecule has 39 heavy (non-hydrogen) atoms. The second-order valence-electron chi connectivity index (χ2n) is 8.41. The van der Waals surface area contributed by atoms with E-state index in [-0.39, 0.29) is 22.3 Å². The third-order valence-electron chi connectivity index (χ3n) is 5.98. The number of hydrogen-bond donors (Lipinski definition) is 1. The first-order valence-electron chi connectivity index (χ1n) is 11.9. The number of Topliss-reactive ketones (excluding diaryl/α,β-unsaturated/α-hetero) is 1. The molecule has 5 rings (SSSR count). The molecule has 1 N–H and O–H groups in total. The number of amides is 1. The van der Waals surface area contributed by atoms with Gasteiger partial charge in [-0.3, -0.25) is 14.5 Å². The maximum absolute atomic E-state index is 14.0. The van der Waals surface area contributed by atoms with Crippen molar-refractivity contribution in [2.24, 2.45) is 0 Å². The predicted molar refractivity (Wildman–Crippen MR) is 152 cm³/mol. The van der Waals surface area contributed by atoms with Crippen molar-refractivity contribution in [3.05, 3.63) is 105 Å². The first-order valence-corrected chi connectivity index (χ1v) is 14.5. The smallest absolute Gasteiger partial charge is 0.301 e. The maximum Gasteiger partial charge on any atom is 0.301 e. The van der Waals surface area contributed by atoms with Crippen molar-refractivity contribution in [3.63, 3.8) is 0 Å². The van der Waals surface area contributed by atoms with Crippen molar-refractivity contribution < 1.29 is 23.8 Å². The Morgan fingerprint density at radius 1 is 1.08 bits per heavy atom. The summed E-state index contributed by atoms with van der Waals surface area (Å²) in [6.07, 6.45) is 0. The molecule has 4 aromatic rings. The third-order valence-corrected chi connectivity index (χ3v) is 8.61. The van der Waals surface area contributed by atoms with Crippen LogP contribution < -0.4 is 9.64 Å². The van der Waals surface area contributed by atoms with Crippen LogP contribution in [0.5, 0.6) is 5.75 Å². The molecule has 1 aromatic heterocycles. The summed E-state index contributed by atoms with van der Waals surface area (Å²) in [6, 6.07) is 19.3. The molecule has 1 unspecified atom stereocenters. The predicted octanol–water partition coefficient (Wildman–Crippen LogP) is 6.76. The van der Waals surface area contributed by atoms with Gasteiger partial charge in [0.25, 0.3) is 5.78 Å². The SMILES string of the molecule is CCOc1ccc(/C(O)=C2/C(=O)C(=O)N(c3nnc(SCc4ccccc4F)s3)C2c2ccc(Br)cc2)cc1. The fraction of sp³-hybridized carbons (Fsp3) is 0.143. The van der Waals surface area contributed by atoms with Crippen LogP contribution >= 0.6 is 39.0 Å². The van der Waals surface area contributed by atoms with E-state index in [0.29, 0.717) is 39.1 Å². The summed E-state index contributed by atoms with van der Waals surface area (Å²) in [4.78, 5) is 28.0. The van der Waals surface area contributed by atoms with Gasteiger partial charge in [0, 0.05) is 15.8 Å². The van der Waals surface area contributed by atoms with Gasteiger partial charge in [-0.15, -0.1) is 10.2 Å². The zero-order valence-corrected chi connectivity index (χ0v) is 23.7. The lowest BCUT2D eigenvalue weighted by Crippen LogP contribution is -2.29. The van der Waals surface area contributed by atoms with E-state index in [1.807, 2.05) is 6.92 Å². The quantitative estimate of drug-likeness (QED) is 0.0760. The molecule has 198 valence electrons. The summed E-state index contributed by atoms with van der Waals surface area (Å²) in [6.45, 7) is 2.35. The Labute approximate surface area is 240 Å². The second kappa shape index (κ2) is 11.7. The third kappa shape index (κ3) is 5.61. The number of thioether (sulfide) groups is 1. The number of aliphatic hydroxyl groups is 1. The highest BCUT2D eigenvalue weighted by Crippen LogP contribution is 2.44. The van der Waals surface area contributed by atoms with Gasteiger partial charge >= 0.3 is 5.91 Å². The Morgan fingerprint density at radius 2 is 1.79 bits per heavy atom. The number of carbonyl (C=O) groups is 2. The van der Waals surface area contributed by atoms with Crippen LogP contribution in [0.2, 0.25) is 0 Å². The first kappa shape index (κ1) is 27.0. The maximum atomic E-state index is 14.0. The molecule has 1 aliphatic heterocycles. The molecule has 0 radical (unpaired) electrons. The van der Waals surface area contributed by atoms with Gasteiger partial charge in [-0.05, 0) is 60.5 Å². The Morgan fingerprint density at radius 3 is 2.49 bits per heavy atom. The van der Waals surface area contributed by atoms with Gasteiger partial charge in [-0.25, -0.2) is 4.39 Å². The fourth-order valence-corrected chi connectivity index (χ4v) is 6.25.